The van der Waals surface area contributed by atoms with Gasteiger partial charge in [0.15, 0.2) is 5.78 Å². The SMILES string of the molecule is O=C(O)C[C@H](NC(=O)OCc1ccccc1)C(=O)CON1C(=O)C2C3C=CC(O3)C2C1=O. The molecule has 2 saturated heterocycles. The highest BCUT2D eigenvalue weighted by Gasteiger charge is 2.61. The average molecular weight is 444 g/mol. The number of nitrogens with one attached hydrogen (secondary N) is 1. The monoisotopic (exact) mass is 444 g/mol. The van der Waals surface area contributed by atoms with Gasteiger partial charge in [0.25, 0.3) is 11.8 Å². The lowest BCUT2D eigenvalue weighted by Gasteiger charge is -2.19. The number of ketones is 1. The Labute approximate surface area is 181 Å². The van der Waals surface area contributed by atoms with Crippen LogP contribution in [0.4, 0.5) is 4.79 Å². The molecule has 11 nitrogen and oxygen atoms in total. The number of hydroxylamine groups is 2. The van der Waals surface area contributed by atoms with Crippen LogP contribution < -0.4 is 5.32 Å². The number of carbonyl (C=O) groups is 5. The lowest BCUT2D eigenvalue weighted by atomic mass is 9.85. The number of nitrogens with zero attached hydrogens (tertiary/aromatic N) is 1. The van der Waals surface area contributed by atoms with Crippen molar-refractivity contribution in [3.8, 4) is 0 Å². The molecule has 4 rings (SSSR count). The maximum atomic E-state index is 12.5. The van der Waals surface area contributed by atoms with Crippen LogP contribution in [0, 0.1) is 11.8 Å². The summed E-state index contributed by atoms with van der Waals surface area (Å²) < 4.78 is 10.5. The molecule has 168 valence electrons. The fourth-order valence-electron chi connectivity index (χ4n) is 3.96. The molecule has 2 fully saturated rings. The summed E-state index contributed by atoms with van der Waals surface area (Å²) in [6.07, 6.45) is 0.686. The van der Waals surface area contributed by atoms with Crippen molar-refractivity contribution in [1.82, 2.24) is 10.4 Å². The predicted octanol–water partition coefficient (Wildman–Crippen LogP) is 0.195. The molecule has 0 aromatic heterocycles. The molecule has 5 atom stereocenters. The van der Waals surface area contributed by atoms with Crippen molar-refractivity contribution in [3.63, 3.8) is 0 Å². The summed E-state index contributed by atoms with van der Waals surface area (Å²) in [6, 6.07) is 7.30. The number of carbonyl (C=O) groups excluding carboxylic acids is 4. The summed E-state index contributed by atoms with van der Waals surface area (Å²) in [5, 5.41) is 11.8. The number of carboxylic acid groups (broad SMARTS) is 1. The normalized spacial score (nSPS) is 26.2. The van der Waals surface area contributed by atoms with Gasteiger partial charge in [-0.25, -0.2) is 4.79 Å². The molecule has 1 aromatic rings. The van der Waals surface area contributed by atoms with Gasteiger partial charge in [-0.2, -0.15) is 5.06 Å². The van der Waals surface area contributed by atoms with Crippen molar-refractivity contribution in [2.24, 2.45) is 11.8 Å². The molecule has 2 N–H and O–H groups in total. The second-order valence-corrected chi connectivity index (χ2v) is 7.57. The zero-order valence-electron chi connectivity index (χ0n) is 16.7. The number of hydrogen-bond acceptors (Lipinski definition) is 8. The van der Waals surface area contributed by atoms with Crippen molar-refractivity contribution in [2.75, 3.05) is 6.61 Å². The molecule has 0 aliphatic carbocycles. The van der Waals surface area contributed by atoms with Gasteiger partial charge in [0.2, 0.25) is 0 Å². The Morgan fingerprint density at radius 3 is 2.28 bits per heavy atom. The first-order valence-corrected chi connectivity index (χ1v) is 9.91. The molecule has 3 amide bonds. The third-order valence-corrected chi connectivity index (χ3v) is 5.48. The molecular weight excluding hydrogens is 424 g/mol. The van der Waals surface area contributed by atoms with Gasteiger partial charge < -0.3 is 19.9 Å². The summed E-state index contributed by atoms with van der Waals surface area (Å²) in [5.41, 5.74) is 0.705. The summed E-state index contributed by atoms with van der Waals surface area (Å²) in [6.45, 7) is -0.855. The van der Waals surface area contributed by atoms with E-state index in [0.29, 0.717) is 10.6 Å². The van der Waals surface area contributed by atoms with Gasteiger partial charge in [-0.3, -0.25) is 24.0 Å². The Bertz CT molecular complexity index is 947. The molecule has 0 radical (unpaired) electrons. The molecule has 3 heterocycles. The highest BCUT2D eigenvalue weighted by atomic mass is 16.7. The zero-order chi connectivity index (χ0) is 22.8. The predicted molar refractivity (Wildman–Crippen MR) is 103 cm³/mol. The van der Waals surface area contributed by atoms with E-state index >= 15 is 0 Å². The van der Waals surface area contributed by atoms with E-state index in [1.807, 2.05) is 0 Å². The number of alkyl carbamates (subject to hydrolysis) is 1. The van der Waals surface area contributed by atoms with Gasteiger partial charge in [-0.15, -0.1) is 0 Å². The fourth-order valence-corrected chi connectivity index (χ4v) is 3.96. The number of amides is 3. The minimum Gasteiger partial charge on any atom is -0.481 e. The van der Waals surface area contributed by atoms with Gasteiger partial charge in [0, 0.05) is 0 Å². The zero-order valence-corrected chi connectivity index (χ0v) is 16.7. The van der Waals surface area contributed by atoms with E-state index in [0.717, 1.165) is 0 Å². The molecular formula is C21H20N2O9. The summed E-state index contributed by atoms with van der Waals surface area (Å²) >= 11 is 0. The van der Waals surface area contributed by atoms with E-state index in [1.165, 1.54) is 0 Å². The highest BCUT2D eigenvalue weighted by molar-refractivity contribution is 6.05. The standard InChI is InChI=1S/C21H20N2O9/c24-13(10-31-23-19(27)17-14-6-7-15(32-14)18(17)20(23)28)12(8-16(25)26)22-21(29)30-9-11-4-2-1-3-5-11/h1-7,12,14-15,17-18H,8-10H2,(H,22,29)(H,25,26)/t12-,14?,15?,17?,18?/m0/s1. The summed E-state index contributed by atoms with van der Waals surface area (Å²) in [5.74, 6) is -4.81. The second kappa shape index (κ2) is 8.89. The second-order valence-electron chi connectivity index (χ2n) is 7.57. The van der Waals surface area contributed by atoms with E-state index in [1.54, 1.807) is 42.5 Å². The molecule has 3 aliphatic rings. The van der Waals surface area contributed by atoms with Crippen LogP contribution in [-0.4, -0.2) is 64.7 Å². The Morgan fingerprint density at radius 1 is 1.06 bits per heavy atom. The van der Waals surface area contributed by atoms with E-state index in [9.17, 15) is 24.0 Å². The van der Waals surface area contributed by atoms with E-state index in [-0.39, 0.29) is 6.61 Å². The quantitative estimate of drug-likeness (QED) is 0.402. The van der Waals surface area contributed by atoms with Crippen LogP contribution in [0.15, 0.2) is 42.5 Å². The van der Waals surface area contributed by atoms with Crippen molar-refractivity contribution in [3.05, 3.63) is 48.0 Å². The maximum Gasteiger partial charge on any atom is 0.408 e. The van der Waals surface area contributed by atoms with Crippen LogP contribution in [-0.2, 0) is 40.1 Å². The van der Waals surface area contributed by atoms with Gasteiger partial charge >= 0.3 is 12.1 Å². The van der Waals surface area contributed by atoms with Crippen LogP contribution in [0.25, 0.3) is 0 Å². The lowest BCUT2D eigenvalue weighted by Crippen LogP contribution is -2.45. The molecule has 11 heteroatoms. The molecule has 1 aromatic carbocycles. The molecule has 0 saturated carbocycles. The van der Waals surface area contributed by atoms with Gasteiger partial charge in [-0.1, -0.05) is 42.5 Å². The Morgan fingerprint density at radius 2 is 1.69 bits per heavy atom. The number of imide groups is 1. The maximum absolute atomic E-state index is 12.5. The number of carboxylic acids is 1. The van der Waals surface area contributed by atoms with E-state index < -0.39 is 72.8 Å². The van der Waals surface area contributed by atoms with Gasteiger partial charge in [-0.05, 0) is 5.56 Å². The van der Waals surface area contributed by atoms with Crippen LogP contribution in [0.3, 0.4) is 0 Å². The molecule has 4 unspecified atom stereocenters. The largest absolute Gasteiger partial charge is 0.481 e. The van der Waals surface area contributed by atoms with Crippen molar-refractivity contribution in [2.45, 2.75) is 31.3 Å². The van der Waals surface area contributed by atoms with Crippen LogP contribution in [0.1, 0.15) is 12.0 Å². The Kier molecular flexibility index (Phi) is 6.01. The Balaban J connectivity index is 1.32. The number of rotatable bonds is 9. The molecule has 3 aliphatic heterocycles. The highest BCUT2D eigenvalue weighted by Crippen LogP contribution is 2.45. The van der Waals surface area contributed by atoms with Gasteiger partial charge in [0.05, 0.1) is 30.5 Å². The lowest BCUT2D eigenvalue weighted by molar-refractivity contribution is -0.192. The molecule has 0 spiro atoms. The van der Waals surface area contributed by atoms with Crippen molar-refractivity contribution in [1.29, 1.82) is 0 Å². The van der Waals surface area contributed by atoms with Crippen molar-refractivity contribution < 1.29 is 43.4 Å². The third kappa shape index (κ3) is 4.25. The minimum absolute atomic E-state index is 0.0743. The fraction of sp³-hybridized carbons (Fsp3) is 0.381. The first-order chi connectivity index (χ1) is 15.3. The number of ether oxygens (including phenoxy) is 2. The number of benzene rings is 1. The summed E-state index contributed by atoms with van der Waals surface area (Å²) in [4.78, 5) is 65.8. The third-order valence-electron chi connectivity index (χ3n) is 5.48. The van der Waals surface area contributed by atoms with E-state index in [4.69, 9.17) is 19.4 Å². The van der Waals surface area contributed by atoms with Gasteiger partial charge in [0.1, 0.15) is 19.3 Å². The van der Waals surface area contributed by atoms with Crippen LogP contribution in [0.5, 0.6) is 0 Å². The van der Waals surface area contributed by atoms with Crippen molar-refractivity contribution >= 4 is 29.7 Å². The molecule has 32 heavy (non-hydrogen) atoms. The number of fused-ring (bicyclic) bond motifs is 5. The van der Waals surface area contributed by atoms with Crippen LogP contribution in [0.2, 0.25) is 0 Å². The number of Topliss-reactive ketones (excluding diaryl/α,β-unsaturated/α-hetero) is 1. The minimum atomic E-state index is -1.47. The number of aliphatic carboxylic acids is 1. The molecule has 2 bridgehead atoms. The summed E-state index contributed by atoms with van der Waals surface area (Å²) in [7, 11) is 0. The smallest absolute Gasteiger partial charge is 0.408 e. The first kappa shape index (κ1) is 21.7. The topological polar surface area (TPSA) is 149 Å². The Hall–Kier alpha value is -3.57. The van der Waals surface area contributed by atoms with E-state index in [2.05, 4.69) is 5.32 Å². The first-order valence-electron chi connectivity index (χ1n) is 9.91. The average Bonchev–Trinajstić information content (AvgIpc) is 3.45. The van der Waals surface area contributed by atoms with Crippen LogP contribution >= 0.6 is 0 Å². The number of hydrogen-bond donors (Lipinski definition) is 2.